The predicted molar refractivity (Wildman–Crippen MR) is 55.3 cm³/mol. The first-order valence-electron chi connectivity index (χ1n) is 3.45. The first-order valence-corrected chi connectivity index (χ1v) is 4.52. The summed E-state index contributed by atoms with van der Waals surface area (Å²) in [6, 6.07) is 0. The van der Waals surface area contributed by atoms with E-state index < -0.39 is 0 Å². The van der Waals surface area contributed by atoms with Gasteiger partial charge in [-0.05, 0) is 35.6 Å². The molecule has 56 valence electrons. The van der Waals surface area contributed by atoms with E-state index in [4.69, 9.17) is 0 Å². The van der Waals surface area contributed by atoms with E-state index in [2.05, 4.69) is 51.0 Å². The van der Waals surface area contributed by atoms with E-state index in [0.717, 1.165) is 11.4 Å². The molecule has 0 aromatic rings. The molecule has 2 aliphatic rings. The summed E-state index contributed by atoms with van der Waals surface area (Å²) < 4.78 is 1.22. The Morgan fingerprint density at radius 3 is 3.09 bits per heavy atom. The quantitative estimate of drug-likeness (QED) is 0.596. The molecule has 0 spiro atoms. The maximum atomic E-state index is 4.06. The number of fused-ring (bicyclic) bond motifs is 1. The molecule has 0 bridgehead atoms. The van der Waals surface area contributed by atoms with Crippen LogP contribution in [-0.2, 0) is 0 Å². The molecule has 0 radical (unpaired) electrons. The van der Waals surface area contributed by atoms with Gasteiger partial charge in [0.25, 0.3) is 0 Å². The van der Waals surface area contributed by atoms with E-state index in [1.165, 1.54) is 3.58 Å². The molecule has 2 rings (SSSR count). The minimum atomic E-state index is 0.355. The van der Waals surface area contributed by atoms with E-state index in [9.17, 15) is 0 Å². The molecule has 0 aromatic heterocycles. The fourth-order valence-electron chi connectivity index (χ4n) is 1.21. The Morgan fingerprint density at radius 2 is 2.27 bits per heavy atom. The van der Waals surface area contributed by atoms with Crippen molar-refractivity contribution in [2.75, 3.05) is 0 Å². The molecular weight excluding hydrogens is 251 g/mol. The summed E-state index contributed by atoms with van der Waals surface area (Å²) >= 11 is 2.28. The molecule has 0 saturated carbocycles. The van der Waals surface area contributed by atoms with Gasteiger partial charge in [-0.2, -0.15) is 10.2 Å². The lowest BCUT2D eigenvalue weighted by Gasteiger charge is -2.09. The third kappa shape index (κ3) is 1.17. The second-order valence-corrected chi connectivity index (χ2v) is 3.88. The standard InChI is InChI=1S/C8H7IN2/c1-5-7-3-2-6(9)4-8(7)11-10-5/h2-4,7H,1H3/t7-/m1/s1. The average molecular weight is 258 g/mol. The first kappa shape index (κ1) is 7.21. The molecule has 0 N–H and O–H groups in total. The number of allylic oxidation sites excluding steroid dienone is 4. The minimum Gasteiger partial charge on any atom is -0.159 e. The molecule has 1 aliphatic heterocycles. The third-order valence-electron chi connectivity index (χ3n) is 1.83. The zero-order valence-electron chi connectivity index (χ0n) is 6.08. The van der Waals surface area contributed by atoms with Crippen LogP contribution in [0.2, 0.25) is 0 Å². The molecule has 0 amide bonds. The Kier molecular flexibility index (Phi) is 1.67. The topological polar surface area (TPSA) is 24.7 Å². The van der Waals surface area contributed by atoms with Gasteiger partial charge in [0.15, 0.2) is 0 Å². The lowest BCUT2D eigenvalue weighted by atomic mass is 9.95. The van der Waals surface area contributed by atoms with Crippen LogP contribution in [0.15, 0.2) is 32.0 Å². The summed E-state index contributed by atoms with van der Waals surface area (Å²) in [5.74, 6) is 0.355. The molecule has 3 heteroatoms. The highest BCUT2D eigenvalue weighted by atomic mass is 127. The molecule has 0 unspecified atom stereocenters. The van der Waals surface area contributed by atoms with E-state index in [0.29, 0.717) is 5.92 Å². The average Bonchev–Trinajstić information content (AvgIpc) is 2.32. The number of nitrogens with zero attached hydrogens (tertiary/aromatic N) is 2. The van der Waals surface area contributed by atoms with Crippen molar-refractivity contribution in [3.8, 4) is 0 Å². The van der Waals surface area contributed by atoms with Crippen molar-refractivity contribution < 1.29 is 0 Å². The van der Waals surface area contributed by atoms with Crippen LogP contribution >= 0.6 is 22.6 Å². The van der Waals surface area contributed by atoms with Crippen molar-refractivity contribution in [2.45, 2.75) is 6.92 Å². The van der Waals surface area contributed by atoms with Crippen molar-refractivity contribution >= 4 is 34.0 Å². The van der Waals surface area contributed by atoms with Crippen LogP contribution in [0.3, 0.4) is 0 Å². The van der Waals surface area contributed by atoms with Crippen LogP contribution in [0.4, 0.5) is 0 Å². The van der Waals surface area contributed by atoms with Gasteiger partial charge in [-0.25, -0.2) is 0 Å². The third-order valence-corrected chi connectivity index (χ3v) is 2.50. The Balaban J connectivity index is 2.38. The smallest absolute Gasteiger partial charge is 0.0766 e. The van der Waals surface area contributed by atoms with Crippen LogP contribution in [0.25, 0.3) is 0 Å². The lowest BCUT2D eigenvalue weighted by molar-refractivity contribution is 1.23. The highest BCUT2D eigenvalue weighted by molar-refractivity contribution is 14.1. The van der Waals surface area contributed by atoms with Crippen LogP contribution in [-0.4, -0.2) is 11.4 Å². The Bertz CT molecular complexity index is 310. The van der Waals surface area contributed by atoms with Gasteiger partial charge in [0.1, 0.15) is 0 Å². The molecule has 1 heterocycles. The van der Waals surface area contributed by atoms with E-state index in [-0.39, 0.29) is 0 Å². The summed E-state index contributed by atoms with van der Waals surface area (Å²) in [6.45, 7) is 2.01. The first-order chi connectivity index (χ1) is 5.27. The zero-order valence-corrected chi connectivity index (χ0v) is 8.24. The molecule has 1 aliphatic carbocycles. The van der Waals surface area contributed by atoms with Gasteiger partial charge in [-0.15, -0.1) is 0 Å². The molecule has 0 aromatic carbocycles. The van der Waals surface area contributed by atoms with Crippen LogP contribution in [0.5, 0.6) is 0 Å². The molecule has 0 saturated heterocycles. The van der Waals surface area contributed by atoms with Crippen molar-refractivity contribution in [1.82, 2.24) is 0 Å². The summed E-state index contributed by atoms with van der Waals surface area (Å²) in [4.78, 5) is 0. The highest BCUT2D eigenvalue weighted by Gasteiger charge is 2.21. The normalized spacial score (nSPS) is 27.5. The maximum Gasteiger partial charge on any atom is 0.0766 e. The fraction of sp³-hybridized carbons (Fsp3) is 0.250. The molecule has 2 nitrogen and oxygen atoms in total. The van der Waals surface area contributed by atoms with Gasteiger partial charge in [0.2, 0.25) is 0 Å². The minimum absolute atomic E-state index is 0.355. The molecule has 11 heavy (non-hydrogen) atoms. The van der Waals surface area contributed by atoms with Gasteiger partial charge in [-0.3, -0.25) is 0 Å². The van der Waals surface area contributed by atoms with Crippen molar-refractivity contribution in [2.24, 2.45) is 16.1 Å². The fourth-order valence-corrected chi connectivity index (χ4v) is 1.74. The van der Waals surface area contributed by atoms with Crippen molar-refractivity contribution in [1.29, 1.82) is 0 Å². The monoisotopic (exact) mass is 258 g/mol. The van der Waals surface area contributed by atoms with Crippen LogP contribution in [0, 0.1) is 5.92 Å². The summed E-state index contributed by atoms with van der Waals surface area (Å²) in [5.41, 5.74) is 2.17. The lowest BCUT2D eigenvalue weighted by Crippen LogP contribution is -2.15. The SMILES string of the molecule is CC1=NN=C2C=C(I)C=C[C@H]12. The summed E-state index contributed by atoms with van der Waals surface area (Å²) in [5, 5.41) is 8.08. The van der Waals surface area contributed by atoms with Gasteiger partial charge in [0.05, 0.1) is 17.3 Å². The summed E-state index contributed by atoms with van der Waals surface area (Å²) in [6.07, 6.45) is 6.33. The van der Waals surface area contributed by atoms with Gasteiger partial charge < -0.3 is 0 Å². The van der Waals surface area contributed by atoms with Crippen molar-refractivity contribution in [3.05, 3.63) is 21.8 Å². The molecular formula is C8H7IN2. The van der Waals surface area contributed by atoms with E-state index in [1.54, 1.807) is 0 Å². The second-order valence-electron chi connectivity index (χ2n) is 2.63. The predicted octanol–water partition coefficient (Wildman–Crippen LogP) is 2.32. The van der Waals surface area contributed by atoms with E-state index >= 15 is 0 Å². The Labute approximate surface area is 78.9 Å². The molecule has 0 fully saturated rings. The Hall–Kier alpha value is -0.450. The summed E-state index contributed by atoms with van der Waals surface area (Å²) in [7, 11) is 0. The van der Waals surface area contributed by atoms with E-state index in [1.807, 2.05) is 6.92 Å². The maximum absolute atomic E-state index is 4.06. The number of rotatable bonds is 0. The zero-order chi connectivity index (χ0) is 7.84. The van der Waals surface area contributed by atoms with Gasteiger partial charge in [-0.1, -0.05) is 12.2 Å². The van der Waals surface area contributed by atoms with Crippen LogP contribution < -0.4 is 0 Å². The number of hydrogen-bond donors (Lipinski definition) is 0. The molecule has 1 atom stereocenters. The highest BCUT2D eigenvalue weighted by Crippen LogP contribution is 2.23. The van der Waals surface area contributed by atoms with Crippen LogP contribution in [0.1, 0.15) is 6.92 Å². The van der Waals surface area contributed by atoms with Gasteiger partial charge in [0, 0.05) is 3.58 Å². The number of halogens is 1. The largest absolute Gasteiger partial charge is 0.159 e. The Morgan fingerprint density at radius 1 is 1.45 bits per heavy atom. The van der Waals surface area contributed by atoms with Crippen molar-refractivity contribution in [3.63, 3.8) is 0 Å². The number of hydrogen-bond acceptors (Lipinski definition) is 2. The second kappa shape index (κ2) is 2.55. The van der Waals surface area contributed by atoms with Gasteiger partial charge >= 0.3 is 0 Å².